The number of hydrogen-bond acceptors (Lipinski definition) is 1. The predicted octanol–water partition coefficient (Wildman–Crippen LogP) is 3.28. The lowest BCUT2D eigenvalue weighted by Gasteiger charge is -2.45. The second kappa shape index (κ2) is 3.77. The second-order valence-corrected chi connectivity index (χ2v) is 5.63. The Morgan fingerprint density at radius 3 is 2.00 bits per heavy atom. The maximum Gasteiger partial charge on any atom is 0.251 e. The van der Waals surface area contributed by atoms with Crippen molar-refractivity contribution in [2.45, 2.75) is 51.5 Å². The molecule has 1 nitrogen and oxygen atoms in total. The van der Waals surface area contributed by atoms with Gasteiger partial charge in [0.15, 0.2) is 0 Å². The van der Waals surface area contributed by atoms with E-state index in [1.165, 1.54) is 5.56 Å². The Hall–Kier alpha value is -0.960. The second-order valence-electron chi connectivity index (χ2n) is 5.63. The van der Waals surface area contributed by atoms with Crippen molar-refractivity contribution in [2.24, 2.45) is 5.73 Å². The van der Waals surface area contributed by atoms with Gasteiger partial charge in [-0.3, -0.25) is 0 Å². The zero-order chi connectivity index (χ0) is 12.8. The Bertz CT molecular complexity index is 421. The molecule has 1 saturated carbocycles. The summed E-state index contributed by atoms with van der Waals surface area (Å²) in [5.74, 6) is -2.55. The molecular weight excluding hydrogens is 220 g/mol. The molecule has 17 heavy (non-hydrogen) atoms. The Balaban J connectivity index is 2.20. The fourth-order valence-corrected chi connectivity index (χ4v) is 2.94. The molecule has 3 heteroatoms. The lowest BCUT2D eigenvalue weighted by atomic mass is 9.70. The van der Waals surface area contributed by atoms with E-state index < -0.39 is 11.5 Å². The van der Waals surface area contributed by atoms with Gasteiger partial charge in [0.05, 0.1) is 0 Å². The highest BCUT2D eigenvalue weighted by Crippen LogP contribution is 2.46. The summed E-state index contributed by atoms with van der Waals surface area (Å²) in [7, 11) is 0. The Morgan fingerprint density at radius 1 is 1.12 bits per heavy atom. The van der Waals surface area contributed by atoms with Gasteiger partial charge in [0.25, 0.3) is 5.92 Å². The molecular formula is C14H19F2N. The zero-order valence-corrected chi connectivity index (χ0v) is 10.6. The molecule has 0 aromatic heterocycles. The van der Waals surface area contributed by atoms with Crippen LogP contribution in [0.2, 0.25) is 0 Å². The topological polar surface area (TPSA) is 26.0 Å². The van der Waals surface area contributed by atoms with E-state index in [1.807, 2.05) is 20.8 Å². The van der Waals surface area contributed by atoms with Crippen LogP contribution in [0.5, 0.6) is 0 Å². The molecule has 1 aromatic carbocycles. The quantitative estimate of drug-likeness (QED) is 0.842. The number of benzene rings is 1. The molecule has 0 heterocycles. The third-order valence-electron chi connectivity index (χ3n) is 3.59. The van der Waals surface area contributed by atoms with Crippen LogP contribution in [-0.2, 0) is 6.42 Å². The van der Waals surface area contributed by atoms with E-state index in [9.17, 15) is 8.78 Å². The van der Waals surface area contributed by atoms with E-state index in [4.69, 9.17) is 5.73 Å². The zero-order valence-electron chi connectivity index (χ0n) is 10.6. The van der Waals surface area contributed by atoms with Crippen LogP contribution in [-0.4, -0.2) is 11.5 Å². The van der Waals surface area contributed by atoms with Crippen LogP contribution >= 0.6 is 0 Å². The molecule has 0 spiro atoms. The first kappa shape index (κ1) is 12.5. The summed E-state index contributed by atoms with van der Waals surface area (Å²) in [5, 5.41) is 0. The SMILES string of the molecule is Cc1cc(C)c(CC2(N)CC(F)(F)C2)c(C)c1. The van der Waals surface area contributed by atoms with E-state index in [2.05, 4.69) is 12.1 Å². The van der Waals surface area contributed by atoms with Crippen molar-refractivity contribution in [1.82, 2.24) is 0 Å². The molecule has 0 atom stereocenters. The Kier molecular flexibility index (Phi) is 2.77. The maximum atomic E-state index is 12.9. The van der Waals surface area contributed by atoms with Crippen LogP contribution < -0.4 is 5.73 Å². The fraction of sp³-hybridized carbons (Fsp3) is 0.571. The normalized spacial score (nSPS) is 21.1. The molecule has 2 rings (SSSR count). The van der Waals surface area contributed by atoms with Crippen molar-refractivity contribution in [1.29, 1.82) is 0 Å². The van der Waals surface area contributed by atoms with Crippen LogP contribution in [0.3, 0.4) is 0 Å². The first-order chi connectivity index (χ1) is 7.71. The van der Waals surface area contributed by atoms with Gasteiger partial charge in [-0.25, -0.2) is 8.78 Å². The van der Waals surface area contributed by atoms with Crippen LogP contribution in [0.1, 0.15) is 35.1 Å². The predicted molar refractivity (Wildman–Crippen MR) is 65.5 cm³/mol. The highest BCUT2D eigenvalue weighted by molar-refractivity contribution is 5.39. The van der Waals surface area contributed by atoms with Crippen LogP contribution in [0.15, 0.2) is 12.1 Å². The highest BCUT2D eigenvalue weighted by Gasteiger charge is 2.54. The average molecular weight is 239 g/mol. The van der Waals surface area contributed by atoms with Gasteiger partial charge in [0, 0.05) is 18.4 Å². The number of hydrogen-bond donors (Lipinski definition) is 1. The minimum absolute atomic E-state index is 0.188. The summed E-state index contributed by atoms with van der Waals surface area (Å²) in [6.07, 6.45) is 0.181. The monoisotopic (exact) mass is 239 g/mol. The summed E-state index contributed by atoms with van der Waals surface area (Å²) >= 11 is 0. The minimum Gasteiger partial charge on any atom is -0.324 e. The molecule has 1 fully saturated rings. The number of rotatable bonds is 2. The number of nitrogens with two attached hydrogens (primary N) is 1. The molecule has 0 amide bonds. The summed E-state index contributed by atoms with van der Waals surface area (Å²) < 4.78 is 25.8. The molecule has 0 radical (unpaired) electrons. The van der Waals surface area contributed by atoms with Crippen molar-refractivity contribution >= 4 is 0 Å². The highest BCUT2D eigenvalue weighted by atomic mass is 19.3. The van der Waals surface area contributed by atoms with Crippen molar-refractivity contribution in [3.8, 4) is 0 Å². The lowest BCUT2D eigenvalue weighted by Crippen LogP contribution is -2.59. The molecule has 0 bridgehead atoms. The van der Waals surface area contributed by atoms with E-state index in [1.54, 1.807) is 0 Å². The molecule has 2 N–H and O–H groups in total. The average Bonchev–Trinajstić information content (AvgIpc) is 2.07. The van der Waals surface area contributed by atoms with Gasteiger partial charge in [-0.15, -0.1) is 0 Å². The van der Waals surface area contributed by atoms with Crippen LogP contribution in [0.4, 0.5) is 8.78 Å². The van der Waals surface area contributed by atoms with E-state index in [0.717, 1.165) is 16.7 Å². The van der Waals surface area contributed by atoms with Crippen molar-refractivity contribution in [2.75, 3.05) is 0 Å². The first-order valence-electron chi connectivity index (χ1n) is 5.94. The molecule has 1 aliphatic carbocycles. The Morgan fingerprint density at radius 2 is 1.59 bits per heavy atom. The van der Waals surface area contributed by atoms with Gasteiger partial charge in [0.2, 0.25) is 0 Å². The van der Waals surface area contributed by atoms with Gasteiger partial charge in [0.1, 0.15) is 0 Å². The summed E-state index contributed by atoms with van der Waals surface area (Å²) in [6.45, 7) is 6.09. The number of alkyl halides is 2. The van der Waals surface area contributed by atoms with Crippen LogP contribution in [0, 0.1) is 20.8 Å². The smallest absolute Gasteiger partial charge is 0.251 e. The molecule has 94 valence electrons. The van der Waals surface area contributed by atoms with Crippen LogP contribution in [0.25, 0.3) is 0 Å². The number of halogens is 2. The minimum atomic E-state index is -2.55. The summed E-state index contributed by atoms with van der Waals surface area (Å²) in [5.41, 5.74) is 9.94. The molecule has 0 unspecified atom stereocenters. The molecule has 1 aliphatic rings. The van der Waals surface area contributed by atoms with Gasteiger partial charge in [-0.2, -0.15) is 0 Å². The summed E-state index contributed by atoms with van der Waals surface area (Å²) in [6, 6.07) is 4.17. The fourth-order valence-electron chi connectivity index (χ4n) is 2.94. The van der Waals surface area contributed by atoms with Gasteiger partial charge < -0.3 is 5.73 Å². The van der Waals surface area contributed by atoms with Gasteiger partial charge in [-0.1, -0.05) is 17.7 Å². The molecule has 0 aliphatic heterocycles. The molecule has 0 saturated heterocycles. The third-order valence-corrected chi connectivity index (χ3v) is 3.59. The van der Waals surface area contributed by atoms with E-state index in [0.29, 0.717) is 6.42 Å². The maximum absolute atomic E-state index is 12.9. The van der Waals surface area contributed by atoms with Crippen molar-refractivity contribution in [3.63, 3.8) is 0 Å². The number of aryl methyl sites for hydroxylation is 3. The molecule has 1 aromatic rings. The first-order valence-corrected chi connectivity index (χ1v) is 5.94. The Labute approximate surface area is 101 Å². The van der Waals surface area contributed by atoms with Crippen molar-refractivity contribution in [3.05, 3.63) is 34.4 Å². The van der Waals surface area contributed by atoms with E-state index >= 15 is 0 Å². The van der Waals surface area contributed by atoms with E-state index in [-0.39, 0.29) is 12.8 Å². The van der Waals surface area contributed by atoms with Gasteiger partial charge >= 0.3 is 0 Å². The third kappa shape index (κ3) is 2.49. The lowest BCUT2D eigenvalue weighted by molar-refractivity contribution is -0.121. The van der Waals surface area contributed by atoms with Crippen molar-refractivity contribution < 1.29 is 8.78 Å². The van der Waals surface area contributed by atoms with Gasteiger partial charge in [-0.05, 0) is 43.9 Å². The largest absolute Gasteiger partial charge is 0.324 e. The summed E-state index contributed by atoms with van der Waals surface area (Å²) in [4.78, 5) is 0. The standard InChI is InChI=1S/C14H19F2N/c1-9-4-10(2)12(11(3)5-9)6-13(17)7-14(15,16)8-13/h4-5H,6-8,17H2,1-3H3.